The molecule has 1 aromatic heterocycles. The molecule has 0 saturated carbocycles. The van der Waals surface area contributed by atoms with Crippen molar-refractivity contribution in [1.29, 1.82) is 0 Å². The van der Waals surface area contributed by atoms with Gasteiger partial charge in [0.1, 0.15) is 11.6 Å². The molecule has 3 nitrogen and oxygen atoms in total. The van der Waals surface area contributed by atoms with E-state index in [0.29, 0.717) is 6.54 Å². The minimum atomic E-state index is -0.278. The number of nitrogens with zero attached hydrogens (tertiary/aromatic N) is 2. The van der Waals surface area contributed by atoms with Gasteiger partial charge >= 0.3 is 0 Å². The van der Waals surface area contributed by atoms with Crippen molar-refractivity contribution in [1.82, 2.24) is 15.1 Å². The lowest BCUT2D eigenvalue weighted by atomic mass is 10.0. The van der Waals surface area contributed by atoms with Gasteiger partial charge < -0.3 is 5.32 Å². The summed E-state index contributed by atoms with van der Waals surface area (Å²) < 4.78 is 28.3. The van der Waals surface area contributed by atoms with Gasteiger partial charge in [0, 0.05) is 25.4 Å². The average molecular weight is 313 g/mol. The van der Waals surface area contributed by atoms with E-state index in [1.54, 1.807) is 29.1 Å². The van der Waals surface area contributed by atoms with E-state index in [1.165, 1.54) is 24.3 Å². The molecule has 0 aliphatic carbocycles. The van der Waals surface area contributed by atoms with Crippen LogP contribution in [-0.4, -0.2) is 9.78 Å². The monoisotopic (exact) mass is 313 g/mol. The first-order chi connectivity index (χ1) is 11.1. The quantitative estimate of drug-likeness (QED) is 0.780. The smallest absolute Gasteiger partial charge is 0.123 e. The van der Waals surface area contributed by atoms with Crippen LogP contribution in [0.25, 0.3) is 0 Å². The van der Waals surface area contributed by atoms with E-state index < -0.39 is 0 Å². The molecule has 0 saturated heterocycles. The molecular formula is C18H17F2N3. The van der Waals surface area contributed by atoms with Gasteiger partial charge in [-0.1, -0.05) is 24.3 Å². The predicted molar refractivity (Wildman–Crippen MR) is 84.7 cm³/mol. The first kappa shape index (κ1) is 15.4. The Morgan fingerprint density at radius 2 is 1.83 bits per heavy atom. The van der Waals surface area contributed by atoms with E-state index in [1.807, 2.05) is 19.3 Å². The summed E-state index contributed by atoms with van der Waals surface area (Å²) >= 11 is 0. The standard InChI is InChI=1S/C18H17F2N3/c1-23-12-15(11-22-23)18(14-3-2-4-17(20)9-14)21-10-13-5-7-16(19)8-6-13/h2-9,11-12,18,21H,10H2,1H3. The number of hydrogen-bond acceptors (Lipinski definition) is 2. The second-order valence-corrected chi connectivity index (χ2v) is 5.44. The third-order valence-corrected chi connectivity index (χ3v) is 3.66. The van der Waals surface area contributed by atoms with E-state index in [-0.39, 0.29) is 17.7 Å². The predicted octanol–water partition coefficient (Wildman–Crippen LogP) is 3.58. The van der Waals surface area contributed by atoms with E-state index in [4.69, 9.17) is 0 Å². The van der Waals surface area contributed by atoms with Crippen molar-refractivity contribution in [2.75, 3.05) is 0 Å². The van der Waals surface area contributed by atoms with Gasteiger partial charge in [0.2, 0.25) is 0 Å². The molecule has 0 bridgehead atoms. The lowest BCUT2D eigenvalue weighted by Gasteiger charge is -2.18. The topological polar surface area (TPSA) is 29.9 Å². The third kappa shape index (κ3) is 3.81. The second kappa shape index (κ2) is 6.71. The van der Waals surface area contributed by atoms with Crippen LogP contribution in [0.2, 0.25) is 0 Å². The summed E-state index contributed by atoms with van der Waals surface area (Å²) in [7, 11) is 1.84. The van der Waals surface area contributed by atoms with Crippen LogP contribution in [0.1, 0.15) is 22.7 Å². The van der Waals surface area contributed by atoms with Crippen LogP contribution in [0.5, 0.6) is 0 Å². The Hall–Kier alpha value is -2.53. The highest BCUT2D eigenvalue weighted by atomic mass is 19.1. The summed E-state index contributed by atoms with van der Waals surface area (Å²) in [5, 5.41) is 7.57. The molecule has 0 radical (unpaired) electrons. The van der Waals surface area contributed by atoms with Gasteiger partial charge in [-0.2, -0.15) is 5.10 Å². The van der Waals surface area contributed by atoms with Crippen molar-refractivity contribution in [3.8, 4) is 0 Å². The van der Waals surface area contributed by atoms with Gasteiger partial charge in [-0.25, -0.2) is 8.78 Å². The van der Waals surface area contributed by atoms with Crippen LogP contribution in [-0.2, 0) is 13.6 Å². The first-order valence-electron chi connectivity index (χ1n) is 7.33. The van der Waals surface area contributed by atoms with Crippen molar-refractivity contribution in [3.05, 3.63) is 89.2 Å². The van der Waals surface area contributed by atoms with E-state index >= 15 is 0 Å². The van der Waals surface area contributed by atoms with Crippen molar-refractivity contribution < 1.29 is 8.78 Å². The van der Waals surface area contributed by atoms with Crippen LogP contribution in [0.15, 0.2) is 60.9 Å². The Labute approximate surface area is 133 Å². The Kier molecular flexibility index (Phi) is 4.48. The molecule has 0 aliphatic heterocycles. The van der Waals surface area contributed by atoms with Gasteiger partial charge in [-0.05, 0) is 35.4 Å². The van der Waals surface area contributed by atoms with Crippen LogP contribution >= 0.6 is 0 Å². The molecular weight excluding hydrogens is 296 g/mol. The molecule has 2 aromatic carbocycles. The SMILES string of the molecule is Cn1cc(C(NCc2ccc(F)cc2)c2cccc(F)c2)cn1. The van der Waals surface area contributed by atoms with Crippen molar-refractivity contribution >= 4 is 0 Å². The van der Waals surface area contributed by atoms with Gasteiger partial charge in [0.05, 0.1) is 12.2 Å². The fourth-order valence-electron chi connectivity index (χ4n) is 2.53. The summed E-state index contributed by atoms with van der Waals surface area (Å²) in [6.07, 6.45) is 3.65. The number of aromatic nitrogens is 2. The molecule has 1 atom stereocenters. The molecule has 0 spiro atoms. The Bertz CT molecular complexity index is 781. The zero-order valence-electron chi connectivity index (χ0n) is 12.7. The van der Waals surface area contributed by atoms with Crippen molar-refractivity contribution in [2.45, 2.75) is 12.6 Å². The number of nitrogens with one attached hydrogen (secondary N) is 1. The molecule has 0 fully saturated rings. The fraction of sp³-hybridized carbons (Fsp3) is 0.167. The summed E-state index contributed by atoms with van der Waals surface area (Å²) in [5.74, 6) is -0.539. The van der Waals surface area contributed by atoms with Gasteiger partial charge in [-0.15, -0.1) is 0 Å². The van der Waals surface area contributed by atoms with Crippen molar-refractivity contribution in [3.63, 3.8) is 0 Å². The Morgan fingerprint density at radius 3 is 2.48 bits per heavy atom. The summed E-state index contributed by atoms with van der Waals surface area (Å²) in [5.41, 5.74) is 2.72. The largest absolute Gasteiger partial charge is 0.302 e. The van der Waals surface area contributed by atoms with Gasteiger partial charge in [0.25, 0.3) is 0 Å². The van der Waals surface area contributed by atoms with Crippen LogP contribution < -0.4 is 5.32 Å². The lowest BCUT2D eigenvalue weighted by molar-refractivity contribution is 0.586. The molecule has 5 heteroatoms. The highest BCUT2D eigenvalue weighted by Gasteiger charge is 2.16. The second-order valence-electron chi connectivity index (χ2n) is 5.44. The Balaban J connectivity index is 1.84. The summed E-state index contributed by atoms with van der Waals surface area (Å²) in [6, 6.07) is 12.6. The molecule has 1 unspecified atom stereocenters. The summed E-state index contributed by atoms with van der Waals surface area (Å²) in [4.78, 5) is 0. The lowest BCUT2D eigenvalue weighted by Crippen LogP contribution is -2.22. The zero-order chi connectivity index (χ0) is 16.2. The number of rotatable bonds is 5. The number of aryl methyl sites for hydroxylation is 1. The molecule has 1 N–H and O–H groups in total. The molecule has 0 amide bonds. The molecule has 3 aromatic rings. The van der Waals surface area contributed by atoms with E-state index in [9.17, 15) is 8.78 Å². The van der Waals surface area contributed by atoms with Crippen LogP contribution in [0.3, 0.4) is 0 Å². The first-order valence-corrected chi connectivity index (χ1v) is 7.33. The Morgan fingerprint density at radius 1 is 1.04 bits per heavy atom. The fourth-order valence-corrected chi connectivity index (χ4v) is 2.53. The maximum absolute atomic E-state index is 13.6. The van der Waals surface area contributed by atoms with E-state index in [2.05, 4.69) is 10.4 Å². The zero-order valence-corrected chi connectivity index (χ0v) is 12.7. The molecule has 23 heavy (non-hydrogen) atoms. The molecule has 0 aliphatic rings. The molecule has 118 valence electrons. The average Bonchev–Trinajstić information content (AvgIpc) is 2.96. The maximum Gasteiger partial charge on any atom is 0.123 e. The summed E-state index contributed by atoms with van der Waals surface area (Å²) in [6.45, 7) is 0.538. The number of hydrogen-bond donors (Lipinski definition) is 1. The van der Waals surface area contributed by atoms with Gasteiger partial charge in [0.15, 0.2) is 0 Å². The van der Waals surface area contributed by atoms with E-state index in [0.717, 1.165) is 16.7 Å². The number of halogens is 2. The highest BCUT2D eigenvalue weighted by Crippen LogP contribution is 2.23. The van der Waals surface area contributed by atoms with Crippen molar-refractivity contribution in [2.24, 2.45) is 7.05 Å². The minimum Gasteiger partial charge on any atom is -0.302 e. The normalized spacial score (nSPS) is 12.3. The highest BCUT2D eigenvalue weighted by molar-refractivity contribution is 5.30. The maximum atomic E-state index is 13.6. The number of benzene rings is 2. The molecule has 3 rings (SSSR count). The van der Waals surface area contributed by atoms with Gasteiger partial charge in [-0.3, -0.25) is 4.68 Å². The molecule has 1 heterocycles. The van der Waals surface area contributed by atoms with Crippen LogP contribution in [0.4, 0.5) is 8.78 Å². The minimum absolute atomic E-state index is 0.190. The van der Waals surface area contributed by atoms with Crippen LogP contribution in [0, 0.1) is 11.6 Å². The third-order valence-electron chi connectivity index (χ3n) is 3.66.